The number of ketones is 1. The summed E-state index contributed by atoms with van der Waals surface area (Å²) in [5.41, 5.74) is 6.55. The van der Waals surface area contributed by atoms with Gasteiger partial charge in [-0.2, -0.15) is 5.26 Å². The number of hydrogen-bond acceptors (Lipinski definition) is 5. The van der Waals surface area contributed by atoms with Gasteiger partial charge in [-0.3, -0.25) is 9.69 Å². The predicted octanol–water partition coefficient (Wildman–Crippen LogP) is 5.48. The molecule has 37 heavy (non-hydrogen) atoms. The number of rotatable bonds is 4. The lowest BCUT2D eigenvalue weighted by Gasteiger charge is -2.47. The molecular weight excluding hydrogens is 464 g/mol. The Labute approximate surface area is 216 Å². The zero-order valence-corrected chi connectivity index (χ0v) is 20.7. The van der Waals surface area contributed by atoms with Crippen LogP contribution in [-0.4, -0.2) is 48.7 Å². The van der Waals surface area contributed by atoms with Gasteiger partial charge in [0.1, 0.15) is 6.61 Å². The highest BCUT2D eigenvalue weighted by atomic mass is 16.6. The summed E-state index contributed by atoms with van der Waals surface area (Å²) >= 11 is 0. The standard InChI is InChI=1S/C31H28N2O4/c1-19-10-11-20(15-32)28(12-19)30(34)21-13-22-16-36-17-23(14-21)33(22)31(35)37-18-29-26-8-4-2-6-24(26)25-7-3-5-9-27(25)29/h2-12,21-23,29H,13-14,16-18H2,1H3. The van der Waals surface area contributed by atoms with E-state index >= 15 is 0 Å². The predicted molar refractivity (Wildman–Crippen MR) is 138 cm³/mol. The van der Waals surface area contributed by atoms with E-state index in [1.807, 2.05) is 37.3 Å². The van der Waals surface area contributed by atoms with Crippen LogP contribution in [0.5, 0.6) is 0 Å². The Morgan fingerprint density at radius 2 is 1.59 bits per heavy atom. The minimum absolute atomic E-state index is 0.00252. The fraction of sp³-hybridized carbons (Fsp3) is 0.323. The van der Waals surface area contributed by atoms with Crippen molar-refractivity contribution >= 4 is 11.9 Å². The molecular formula is C31H28N2O4. The van der Waals surface area contributed by atoms with E-state index < -0.39 is 0 Å². The van der Waals surface area contributed by atoms with Crippen molar-refractivity contribution in [3.8, 4) is 17.2 Å². The number of fused-ring (bicyclic) bond motifs is 5. The van der Waals surface area contributed by atoms with Crippen molar-refractivity contribution in [2.24, 2.45) is 5.92 Å². The maximum atomic E-state index is 13.4. The summed E-state index contributed by atoms with van der Waals surface area (Å²) in [6.45, 7) is 2.94. The van der Waals surface area contributed by atoms with Gasteiger partial charge in [-0.1, -0.05) is 60.2 Å². The summed E-state index contributed by atoms with van der Waals surface area (Å²) in [6, 6.07) is 23.6. The highest BCUT2D eigenvalue weighted by Gasteiger charge is 2.45. The molecule has 6 rings (SSSR count). The first-order valence-corrected chi connectivity index (χ1v) is 12.8. The molecule has 186 valence electrons. The monoisotopic (exact) mass is 492 g/mol. The van der Waals surface area contributed by atoms with E-state index in [1.54, 1.807) is 17.0 Å². The van der Waals surface area contributed by atoms with Crippen molar-refractivity contribution in [1.29, 1.82) is 5.26 Å². The first-order chi connectivity index (χ1) is 18.0. The van der Waals surface area contributed by atoms with Gasteiger partial charge in [0.05, 0.1) is 36.9 Å². The van der Waals surface area contributed by atoms with Crippen LogP contribution in [0.25, 0.3) is 11.1 Å². The zero-order chi connectivity index (χ0) is 25.5. The van der Waals surface area contributed by atoms with E-state index in [1.165, 1.54) is 22.3 Å². The van der Waals surface area contributed by atoms with Gasteiger partial charge >= 0.3 is 6.09 Å². The molecule has 2 heterocycles. The molecule has 1 amide bonds. The molecule has 2 fully saturated rings. The summed E-state index contributed by atoms with van der Waals surface area (Å²) in [6.07, 6.45) is 0.649. The van der Waals surface area contributed by atoms with Gasteiger partial charge in [0, 0.05) is 17.4 Å². The Bertz CT molecular complexity index is 1370. The summed E-state index contributed by atoms with van der Waals surface area (Å²) in [7, 11) is 0. The molecule has 6 heteroatoms. The number of nitriles is 1. The maximum absolute atomic E-state index is 13.4. The molecule has 6 nitrogen and oxygen atoms in total. The van der Waals surface area contributed by atoms with Gasteiger partial charge in [-0.15, -0.1) is 0 Å². The molecule has 2 aliphatic heterocycles. The molecule has 0 N–H and O–H groups in total. The van der Waals surface area contributed by atoms with Gasteiger partial charge in [0.15, 0.2) is 5.78 Å². The van der Waals surface area contributed by atoms with E-state index in [0.717, 1.165) is 5.56 Å². The molecule has 3 aliphatic rings. The van der Waals surface area contributed by atoms with E-state index in [0.29, 0.717) is 37.2 Å². The first-order valence-electron chi connectivity index (χ1n) is 12.8. The van der Waals surface area contributed by atoms with Crippen molar-refractivity contribution in [3.05, 3.63) is 94.5 Å². The second-order valence-electron chi connectivity index (χ2n) is 10.2. The minimum Gasteiger partial charge on any atom is -0.448 e. The smallest absolute Gasteiger partial charge is 0.410 e. The SMILES string of the molecule is Cc1ccc(C#N)c(C(=O)C2CC3COCC(C2)N3C(=O)OCC2c3ccccc3-c3ccccc32)c1. The number of amides is 1. The molecule has 2 saturated heterocycles. The van der Waals surface area contributed by atoms with Crippen LogP contribution >= 0.6 is 0 Å². The molecule has 0 radical (unpaired) electrons. The Morgan fingerprint density at radius 1 is 0.973 bits per heavy atom. The number of aryl methyl sites for hydroxylation is 1. The third kappa shape index (κ3) is 4.10. The van der Waals surface area contributed by atoms with Crippen molar-refractivity contribution in [2.75, 3.05) is 19.8 Å². The van der Waals surface area contributed by atoms with Crippen LogP contribution in [0.4, 0.5) is 4.79 Å². The fourth-order valence-corrected chi connectivity index (χ4v) is 6.28. The third-order valence-corrected chi connectivity index (χ3v) is 8.00. The lowest BCUT2D eigenvalue weighted by Crippen LogP contribution is -2.60. The Morgan fingerprint density at radius 3 is 2.22 bits per heavy atom. The Balaban J connectivity index is 1.18. The largest absolute Gasteiger partial charge is 0.448 e. The topological polar surface area (TPSA) is 79.6 Å². The second kappa shape index (κ2) is 9.49. The highest BCUT2D eigenvalue weighted by Crippen LogP contribution is 2.44. The summed E-state index contributed by atoms with van der Waals surface area (Å²) in [4.78, 5) is 28.6. The van der Waals surface area contributed by atoms with Gasteiger partial charge in [-0.25, -0.2) is 4.79 Å². The van der Waals surface area contributed by atoms with Crippen LogP contribution in [0.1, 0.15) is 51.4 Å². The zero-order valence-electron chi connectivity index (χ0n) is 20.7. The average Bonchev–Trinajstić information content (AvgIpc) is 3.24. The molecule has 2 unspecified atom stereocenters. The van der Waals surface area contributed by atoms with Crippen LogP contribution in [0.15, 0.2) is 66.7 Å². The lowest BCUT2D eigenvalue weighted by molar-refractivity contribution is -0.0747. The fourth-order valence-electron chi connectivity index (χ4n) is 6.28. The van der Waals surface area contributed by atoms with Crippen molar-refractivity contribution in [3.63, 3.8) is 0 Å². The molecule has 3 aromatic rings. The number of carbonyl (C=O) groups excluding carboxylic acids is 2. The third-order valence-electron chi connectivity index (χ3n) is 8.00. The van der Waals surface area contributed by atoms with E-state index in [-0.39, 0.29) is 42.4 Å². The summed E-state index contributed by atoms with van der Waals surface area (Å²) in [5, 5.41) is 9.51. The molecule has 2 bridgehead atoms. The highest BCUT2D eigenvalue weighted by molar-refractivity contribution is 6.00. The lowest BCUT2D eigenvalue weighted by atomic mass is 9.80. The van der Waals surface area contributed by atoms with E-state index in [2.05, 4.69) is 30.3 Å². The number of piperidine rings is 1. The van der Waals surface area contributed by atoms with E-state index in [4.69, 9.17) is 9.47 Å². The molecule has 0 spiro atoms. The molecule has 0 saturated carbocycles. The summed E-state index contributed by atoms with van der Waals surface area (Å²) < 4.78 is 11.7. The number of ether oxygens (including phenoxy) is 2. The quantitative estimate of drug-likeness (QED) is 0.451. The van der Waals surface area contributed by atoms with Crippen LogP contribution in [0.2, 0.25) is 0 Å². The normalized spacial score (nSPS) is 22.1. The van der Waals surface area contributed by atoms with Crippen molar-refractivity contribution < 1.29 is 19.1 Å². The van der Waals surface area contributed by atoms with Gasteiger partial charge in [0.25, 0.3) is 0 Å². The molecule has 2 atom stereocenters. The van der Waals surface area contributed by atoms with Gasteiger partial charge < -0.3 is 9.47 Å². The van der Waals surface area contributed by atoms with Crippen LogP contribution in [0, 0.1) is 24.2 Å². The molecule has 1 aliphatic carbocycles. The Kier molecular flexibility index (Phi) is 6.02. The molecule has 0 aromatic heterocycles. The van der Waals surface area contributed by atoms with Gasteiger partial charge in [-0.05, 0) is 54.2 Å². The number of benzene rings is 3. The average molecular weight is 493 g/mol. The Hall–Kier alpha value is -3.95. The number of carbonyl (C=O) groups is 2. The number of Topliss-reactive ketones (excluding diaryl/α,β-unsaturated/α-hetero) is 1. The minimum atomic E-state index is -0.348. The van der Waals surface area contributed by atoms with Crippen molar-refractivity contribution in [1.82, 2.24) is 4.90 Å². The van der Waals surface area contributed by atoms with Crippen LogP contribution < -0.4 is 0 Å². The van der Waals surface area contributed by atoms with Gasteiger partial charge in [0.2, 0.25) is 0 Å². The second-order valence-corrected chi connectivity index (χ2v) is 10.2. The van der Waals surface area contributed by atoms with Crippen LogP contribution in [0.3, 0.4) is 0 Å². The number of nitrogens with zero attached hydrogens (tertiary/aromatic N) is 2. The number of morpholine rings is 1. The maximum Gasteiger partial charge on any atom is 0.410 e. The number of hydrogen-bond donors (Lipinski definition) is 0. The van der Waals surface area contributed by atoms with E-state index in [9.17, 15) is 14.9 Å². The summed E-state index contributed by atoms with van der Waals surface area (Å²) in [5.74, 6) is -0.285. The van der Waals surface area contributed by atoms with Crippen molar-refractivity contribution in [2.45, 2.75) is 37.8 Å². The first kappa shape index (κ1) is 23.4. The molecule has 3 aromatic carbocycles. The van der Waals surface area contributed by atoms with Crippen LogP contribution in [-0.2, 0) is 9.47 Å².